The third-order valence-electron chi connectivity index (χ3n) is 5.96. The van der Waals surface area contributed by atoms with E-state index in [1.807, 2.05) is 13.8 Å². The molecule has 1 aliphatic heterocycles. The molecule has 1 amide bonds. The second kappa shape index (κ2) is 11.7. The van der Waals surface area contributed by atoms with E-state index in [9.17, 15) is 14.4 Å². The Morgan fingerprint density at radius 1 is 0.972 bits per heavy atom. The molecule has 0 unspecified atom stereocenters. The van der Waals surface area contributed by atoms with Crippen LogP contribution >= 0.6 is 0 Å². The predicted octanol–water partition coefficient (Wildman–Crippen LogP) is 4.11. The van der Waals surface area contributed by atoms with Gasteiger partial charge in [0.05, 0.1) is 29.7 Å². The van der Waals surface area contributed by atoms with Gasteiger partial charge in [0.15, 0.2) is 18.1 Å². The summed E-state index contributed by atoms with van der Waals surface area (Å²) in [5.74, 6) is 0.692. The second-order valence-corrected chi connectivity index (χ2v) is 8.53. The van der Waals surface area contributed by atoms with Crippen LogP contribution < -0.4 is 20.3 Å². The summed E-state index contributed by atoms with van der Waals surface area (Å²) in [5, 5.41) is 3.16. The summed E-state index contributed by atoms with van der Waals surface area (Å²) in [6.45, 7) is 4.87. The van der Waals surface area contributed by atoms with E-state index >= 15 is 0 Å². The Balaban J connectivity index is 1.43. The Morgan fingerprint density at radius 3 is 2.56 bits per heavy atom. The Kier molecular flexibility index (Phi) is 8.20. The molecule has 1 aromatic heterocycles. The third-order valence-corrected chi connectivity index (χ3v) is 5.96. The molecule has 0 bridgehead atoms. The van der Waals surface area contributed by atoms with Crippen LogP contribution in [0.4, 0.5) is 5.69 Å². The molecule has 1 N–H and O–H groups in total. The number of hydrogen-bond donors (Lipinski definition) is 1. The maximum absolute atomic E-state index is 13.0. The zero-order chi connectivity index (χ0) is 25.5. The first-order chi connectivity index (χ1) is 17.5. The number of ether oxygens (including phenoxy) is 3. The Labute approximate surface area is 209 Å². The van der Waals surface area contributed by atoms with E-state index in [4.69, 9.17) is 14.2 Å². The summed E-state index contributed by atoms with van der Waals surface area (Å²) in [6.07, 6.45) is 4.89. The minimum Gasteiger partial charge on any atom is -0.490 e. The van der Waals surface area contributed by atoms with Crippen molar-refractivity contribution in [2.24, 2.45) is 0 Å². The molecule has 0 fully saturated rings. The van der Waals surface area contributed by atoms with Crippen LogP contribution in [0.3, 0.4) is 0 Å². The number of aromatic nitrogens is 2. The van der Waals surface area contributed by atoms with E-state index in [-0.39, 0.29) is 11.1 Å². The first kappa shape index (κ1) is 25.2. The zero-order valence-corrected chi connectivity index (χ0v) is 20.7. The van der Waals surface area contributed by atoms with E-state index in [1.54, 1.807) is 34.9 Å². The molecule has 0 spiro atoms. The Morgan fingerprint density at radius 2 is 1.75 bits per heavy atom. The van der Waals surface area contributed by atoms with Gasteiger partial charge in [-0.1, -0.05) is 12.8 Å². The third kappa shape index (κ3) is 5.84. The molecule has 3 aromatic rings. The van der Waals surface area contributed by atoms with Gasteiger partial charge >= 0.3 is 5.97 Å². The molecular formula is C27H31N3O6. The molecule has 0 saturated carbocycles. The van der Waals surface area contributed by atoms with E-state index in [0.717, 1.165) is 37.9 Å². The highest BCUT2D eigenvalue weighted by atomic mass is 16.5. The molecule has 1 aliphatic rings. The van der Waals surface area contributed by atoms with Gasteiger partial charge in [-0.15, -0.1) is 0 Å². The zero-order valence-electron chi connectivity index (χ0n) is 20.7. The van der Waals surface area contributed by atoms with Crippen LogP contribution in [-0.2, 0) is 22.5 Å². The number of benzene rings is 2. The van der Waals surface area contributed by atoms with Crippen molar-refractivity contribution in [1.82, 2.24) is 9.55 Å². The van der Waals surface area contributed by atoms with Gasteiger partial charge in [-0.2, -0.15) is 0 Å². The van der Waals surface area contributed by atoms with Crippen molar-refractivity contribution in [2.45, 2.75) is 52.5 Å². The van der Waals surface area contributed by atoms with Gasteiger partial charge in [0, 0.05) is 24.7 Å². The standard InChI is InChI=1S/C27H31N3O6/c1-3-34-22-13-11-19(16-23(22)35-4-2)28-25(31)17-36-27(33)18-10-12-20-21(15-18)29-24-9-7-5-6-8-14-30(24)26(20)32/h10-13,15-16H,3-9,14,17H2,1-2H3,(H,28,31). The fraction of sp³-hybridized carbons (Fsp3) is 0.407. The highest BCUT2D eigenvalue weighted by Gasteiger charge is 2.17. The number of carbonyl (C=O) groups excluding carboxylic acids is 2. The highest BCUT2D eigenvalue weighted by molar-refractivity contribution is 5.97. The lowest BCUT2D eigenvalue weighted by molar-refractivity contribution is -0.119. The van der Waals surface area contributed by atoms with Gasteiger partial charge in [0.2, 0.25) is 0 Å². The number of amides is 1. The maximum atomic E-state index is 13.0. The number of aryl methyl sites for hydroxylation is 1. The van der Waals surface area contributed by atoms with Crippen molar-refractivity contribution >= 4 is 28.5 Å². The quantitative estimate of drug-likeness (QED) is 0.471. The summed E-state index contributed by atoms with van der Waals surface area (Å²) < 4.78 is 18.1. The predicted molar refractivity (Wildman–Crippen MR) is 136 cm³/mol. The smallest absolute Gasteiger partial charge is 0.338 e. The Bertz CT molecular complexity index is 1320. The topological polar surface area (TPSA) is 109 Å². The molecule has 190 valence electrons. The number of carbonyl (C=O) groups is 2. The van der Waals surface area contributed by atoms with E-state index in [2.05, 4.69) is 10.3 Å². The van der Waals surface area contributed by atoms with Crippen LogP contribution in [0.25, 0.3) is 10.9 Å². The number of nitrogens with zero attached hydrogens (tertiary/aromatic N) is 2. The molecule has 4 rings (SSSR count). The number of fused-ring (bicyclic) bond motifs is 2. The normalized spacial score (nSPS) is 13.3. The lowest BCUT2D eigenvalue weighted by Gasteiger charge is -2.16. The van der Waals surface area contributed by atoms with Crippen molar-refractivity contribution in [2.75, 3.05) is 25.1 Å². The SMILES string of the molecule is CCOc1ccc(NC(=O)COC(=O)c2ccc3c(=O)n4c(nc3c2)CCCCCC4)cc1OCC. The lowest BCUT2D eigenvalue weighted by Crippen LogP contribution is -2.26. The summed E-state index contributed by atoms with van der Waals surface area (Å²) in [4.78, 5) is 42.7. The number of esters is 1. The fourth-order valence-electron chi connectivity index (χ4n) is 4.26. The first-order valence-corrected chi connectivity index (χ1v) is 12.4. The summed E-state index contributed by atoms with van der Waals surface area (Å²) in [7, 11) is 0. The average molecular weight is 494 g/mol. The highest BCUT2D eigenvalue weighted by Crippen LogP contribution is 2.30. The summed E-state index contributed by atoms with van der Waals surface area (Å²) in [5.41, 5.74) is 1.11. The fourth-order valence-corrected chi connectivity index (χ4v) is 4.26. The van der Waals surface area contributed by atoms with Crippen molar-refractivity contribution in [3.63, 3.8) is 0 Å². The van der Waals surface area contributed by atoms with Gasteiger partial charge in [-0.3, -0.25) is 14.2 Å². The van der Waals surface area contributed by atoms with Crippen LogP contribution in [0, 0.1) is 0 Å². The van der Waals surface area contributed by atoms with Gasteiger partial charge in [-0.25, -0.2) is 9.78 Å². The van der Waals surface area contributed by atoms with Crippen LogP contribution in [0.5, 0.6) is 11.5 Å². The second-order valence-electron chi connectivity index (χ2n) is 8.53. The maximum Gasteiger partial charge on any atom is 0.338 e. The van der Waals surface area contributed by atoms with Gasteiger partial charge in [0.1, 0.15) is 5.82 Å². The van der Waals surface area contributed by atoms with Crippen molar-refractivity contribution < 1.29 is 23.8 Å². The minimum atomic E-state index is -0.664. The molecule has 0 saturated heterocycles. The van der Waals surface area contributed by atoms with Crippen LogP contribution in [0.1, 0.15) is 55.7 Å². The van der Waals surface area contributed by atoms with Crippen LogP contribution in [0.15, 0.2) is 41.2 Å². The van der Waals surface area contributed by atoms with Gasteiger partial charge in [-0.05, 0) is 57.0 Å². The molecule has 36 heavy (non-hydrogen) atoms. The number of anilines is 1. The lowest BCUT2D eigenvalue weighted by atomic mass is 10.1. The molecule has 0 aliphatic carbocycles. The average Bonchev–Trinajstić information content (AvgIpc) is 2.85. The molecule has 2 aromatic carbocycles. The number of hydrogen-bond acceptors (Lipinski definition) is 7. The molecular weight excluding hydrogens is 462 g/mol. The van der Waals surface area contributed by atoms with E-state index in [0.29, 0.717) is 47.8 Å². The van der Waals surface area contributed by atoms with Crippen LogP contribution in [0.2, 0.25) is 0 Å². The summed E-state index contributed by atoms with van der Waals surface area (Å²) >= 11 is 0. The van der Waals surface area contributed by atoms with Crippen molar-refractivity contribution in [1.29, 1.82) is 0 Å². The molecule has 9 nitrogen and oxygen atoms in total. The molecule has 9 heteroatoms. The monoisotopic (exact) mass is 493 g/mol. The van der Waals surface area contributed by atoms with Gasteiger partial charge in [0.25, 0.3) is 11.5 Å². The van der Waals surface area contributed by atoms with Gasteiger partial charge < -0.3 is 19.5 Å². The summed E-state index contributed by atoms with van der Waals surface area (Å²) in [6, 6.07) is 9.74. The van der Waals surface area contributed by atoms with E-state index in [1.165, 1.54) is 6.07 Å². The van der Waals surface area contributed by atoms with Crippen molar-refractivity contribution in [3.8, 4) is 11.5 Å². The Hall–Kier alpha value is -3.88. The molecule has 0 atom stereocenters. The number of nitrogens with one attached hydrogen (secondary N) is 1. The minimum absolute atomic E-state index is 0.0852. The van der Waals surface area contributed by atoms with Crippen LogP contribution in [-0.4, -0.2) is 41.2 Å². The largest absolute Gasteiger partial charge is 0.490 e. The first-order valence-electron chi connectivity index (χ1n) is 12.4. The van der Waals surface area contributed by atoms with E-state index < -0.39 is 18.5 Å². The molecule has 2 heterocycles. The van der Waals surface area contributed by atoms with Crippen molar-refractivity contribution in [3.05, 3.63) is 58.1 Å². The molecule has 0 radical (unpaired) electrons. The number of rotatable bonds is 8.